The second kappa shape index (κ2) is 4.93. The van der Waals surface area contributed by atoms with Gasteiger partial charge in [-0.25, -0.2) is 10.8 Å². The quantitative estimate of drug-likeness (QED) is 0.431. The number of anilines is 2. The summed E-state index contributed by atoms with van der Waals surface area (Å²) >= 11 is 0. The number of nitrogen functional groups attached to an aromatic ring is 1. The van der Waals surface area contributed by atoms with Crippen LogP contribution in [0.15, 0.2) is 12.4 Å². The van der Waals surface area contributed by atoms with Crippen molar-refractivity contribution in [2.45, 2.75) is 6.04 Å². The van der Waals surface area contributed by atoms with Crippen molar-refractivity contribution < 1.29 is 9.53 Å². The third-order valence-corrected chi connectivity index (χ3v) is 2.52. The van der Waals surface area contributed by atoms with Gasteiger partial charge in [0, 0.05) is 6.54 Å². The largest absolute Gasteiger partial charge is 0.377 e. The van der Waals surface area contributed by atoms with E-state index in [4.69, 9.17) is 16.3 Å². The Kier molecular flexibility index (Phi) is 3.35. The summed E-state index contributed by atoms with van der Waals surface area (Å²) in [6.45, 7) is 1.32. The van der Waals surface area contributed by atoms with Gasteiger partial charge in [-0.05, 0) is 0 Å². The van der Waals surface area contributed by atoms with E-state index in [0.717, 1.165) is 0 Å². The highest BCUT2D eigenvalue weighted by Gasteiger charge is 2.28. The maximum Gasteiger partial charge on any atom is 0.242 e. The van der Waals surface area contributed by atoms with Crippen LogP contribution in [0.1, 0.15) is 0 Å². The zero-order valence-electron chi connectivity index (χ0n) is 9.17. The molecule has 1 unspecified atom stereocenters. The number of carbonyl (C=O) groups is 1. The number of rotatable bonds is 3. The Morgan fingerprint density at radius 3 is 3.12 bits per heavy atom. The van der Waals surface area contributed by atoms with E-state index in [1.54, 1.807) is 11.1 Å². The molecule has 2 rings (SSSR count). The first-order valence-electron chi connectivity index (χ1n) is 5.14. The molecule has 1 aromatic heterocycles. The van der Waals surface area contributed by atoms with Gasteiger partial charge >= 0.3 is 0 Å². The van der Waals surface area contributed by atoms with E-state index in [2.05, 4.69) is 15.4 Å². The normalized spacial score (nSPS) is 20.1. The summed E-state index contributed by atoms with van der Waals surface area (Å²) < 4.78 is 5.22. The number of primary amides is 1. The van der Waals surface area contributed by atoms with Gasteiger partial charge in [0.05, 0.1) is 25.6 Å². The molecule has 8 heteroatoms. The van der Waals surface area contributed by atoms with Gasteiger partial charge in [0.2, 0.25) is 5.91 Å². The predicted molar refractivity (Wildman–Crippen MR) is 61.0 cm³/mol. The van der Waals surface area contributed by atoms with Crippen molar-refractivity contribution in [3.05, 3.63) is 12.4 Å². The van der Waals surface area contributed by atoms with Crippen LogP contribution in [0.25, 0.3) is 0 Å². The Hall–Kier alpha value is -1.93. The minimum absolute atomic E-state index is 0.261. The third kappa shape index (κ3) is 2.43. The number of nitrogens with zero attached hydrogens (tertiary/aromatic N) is 3. The second-order valence-electron chi connectivity index (χ2n) is 3.59. The summed E-state index contributed by atoms with van der Waals surface area (Å²) in [6.07, 6.45) is 3.05. The first kappa shape index (κ1) is 11.6. The molecular formula is C9H14N6O2. The molecule has 0 spiro atoms. The minimum Gasteiger partial charge on any atom is -0.377 e. The lowest BCUT2D eigenvalue weighted by Gasteiger charge is -2.34. The van der Waals surface area contributed by atoms with Crippen LogP contribution in [0.3, 0.4) is 0 Å². The van der Waals surface area contributed by atoms with Crippen molar-refractivity contribution in [2.24, 2.45) is 11.6 Å². The van der Waals surface area contributed by atoms with Gasteiger partial charge < -0.3 is 20.8 Å². The average molecular weight is 238 g/mol. The molecule has 0 radical (unpaired) electrons. The van der Waals surface area contributed by atoms with Gasteiger partial charge in [0.25, 0.3) is 0 Å². The number of morpholine rings is 1. The first-order chi connectivity index (χ1) is 8.22. The number of aromatic nitrogens is 2. The summed E-state index contributed by atoms with van der Waals surface area (Å²) in [7, 11) is 0. The highest BCUT2D eigenvalue weighted by Crippen LogP contribution is 2.17. The first-order valence-corrected chi connectivity index (χ1v) is 5.14. The molecule has 8 nitrogen and oxygen atoms in total. The van der Waals surface area contributed by atoms with E-state index < -0.39 is 11.9 Å². The lowest BCUT2D eigenvalue weighted by Crippen LogP contribution is -2.53. The monoisotopic (exact) mass is 238 g/mol. The smallest absolute Gasteiger partial charge is 0.242 e. The molecule has 1 fully saturated rings. The second-order valence-corrected chi connectivity index (χ2v) is 3.59. The average Bonchev–Trinajstić information content (AvgIpc) is 2.39. The summed E-state index contributed by atoms with van der Waals surface area (Å²) in [6, 6.07) is -0.522. The zero-order valence-corrected chi connectivity index (χ0v) is 9.17. The predicted octanol–water partition coefficient (Wildman–Crippen LogP) is -1.55. The van der Waals surface area contributed by atoms with Crippen LogP contribution in [-0.4, -0.2) is 41.7 Å². The SMILES string of the molecule is NNc1cncc(N2CCOCC2C(N)=O)n1. The molecule has 1 aliphatic heterocycles. The molecule has 1 aromatic rings. The van der Waals surface area contributed by atoms with E-state index in [0.29, 0.717) is 24.8 Å². The lowest BCUT2D eigenvalue weighted by atomic mass is 10.2. The lowest BCUT2D eigenvalue weighted by molar-refractivity contribution is -0.121. The van der Waals surface area contributed by atoms with Crippen LogP contribution in [0, 0.1) is 0 Å². The van der Waals surface area contributed by atoms with Crippen molar-refractivity contribution in [1.29, 1.82) is 0 Å². The third-order valence-electron chi connectivity index (χ3n) is 2.52. The fraction of sp³-hybridized carbons (Fsp3) is 0.444. The summed E-state index contributed by atoms with van der Waals surface area (Å²) in [5.74, 6) is 5.79. The number of nitrogens with one attached hydrogen (secondary N) is 1. The van der Waals surface area contributed by atoms with Crippen LogP contribution < -0.4 is 21.9 Å². The summed E-state index contributed by atoms with van der Waals surface area (Å²) in [4.78, 5) is 21.3. The number of hydrazine groups is 1. The Labute approximate surface area is 97.9 Å². The van der Waals surface area contributed by atoms with Gasteiger partial charge in [-0.3, -0.25) is 9.78 Å². The van der Waals surface area contributed by atoms with Gasteiger partial charge in [-0.2, -0.15) is 0 Å². The van der Waals surface area contributed by atoms with Crippen molar-refractivity contribution >= 4 is 17.5 Å². The Bertz CT molecular complexity index is 412. The van der Waals surface area contributed by atoms with E-state index in [-0.39, 0.29) is 6.61 Å². The fourth-order valence-corrected chi connectivity index (χ4v) is 1.68. The molecule has 0 aliphatic carbocycles. The Morgan fingerprint density at radius 2 is 2.41 bits per heavy atom. The molecule has 0 saturated carbocycles. The van der Waals surface area contributed by atoms with E-state index in [9.17, 15) is 4.79 Å². The summed E-state index contributed by atoms with van der Waals surface area (Å²) in [5, 5.41) is 0. The van der Waals surface area contributed by atoms with Crippen LogP contribution in [0.5, 0.6) is 0 Å². The number of hydrogen-bond acceptors (Lipinski definition) is 7. The van der Waals surface area contributed by atoms with E-state index in [1.165, 1.54) is 6.20 Å². The number of ether oxygens (including phenoxy) is 1. The zero-order chi connectivity index (χ0) is 12.3. The standard InChI is InChI=1S/C9H14N6O2/c10-9(16)6-5-17-2-1-15(6)8-4-12-3-7(13-8)14-11/h3-4,6H,1-2,5,11H2,(H2,10,16)(H,13,14). The molecule has 1 atom stereocenters. The highest BCUT2D eigenvalue weighted by molar-refractivity contribution is 5.83. The van der Waals surface area contributed by atoms with Crippen LogP contribution in [-0.2, 0) is 9.53 Å². The number of carbonyl (C=O) groups excluding carboxylic acids is 1. The van der Waals surface area contributed by atoms with Crippen molar-refractivity contribution in [2.75, 3.05) is 30.1 Å². The number of amides is 1. The van der Waals surface area contributed by atoms with Gasteiger partial charge in [-0.1, -0.05) is 0 Å². The fourth-order valence-electron chi connectivity index (χ4n) is 1.68. The molecule has 2 heterocycles. The van der Waals surface area contributed by atoms with Crippen molar-refractivity contribution in [3.63, 3.8) is 0 Å². The van der Waals surface area contributed by atoms with Crippen molar-refractivity contribution in [1.82, 2.24) is 9.97 Å². The molecular weight excluding hydrogens is 224 g/mol. The summed E-state index contributed by atoms with van der Waals surface area (Å²) in [5.41, 5.74) is 7.72. The highest BCUT2D eigenvalue weighted by atomic mass is 16.5. The Morgan fingerprint density at radius 1 is 1.59 bits per heavy atom. The Balaban J connectivity index is 2.26. The van der Waals surface area contributed by atoms with E-state index >= 15 is 0 Å². The minimum atomic E-state index is -0.522. The molecule has 17 heavy (non-hydrogen) atoms. The van der Waals surface area contributed by atoms with Gasteiger partial charge in [0.1, 0.15) is 11.9 Å². The number of hydrogen-bond donors (Lipinski definition) is 3. The molecule has 1 saturated heterocycles. The molecule has 5 N–H and O–H groups in total. The molecule has 92 valence electrons. The molecule has 1 amide bonds. The molecule has 0 bridgehead atoms. The number of nitrogens with two attached hydrogens (primary N) is 2. The molecule has 1 aliphatic rings. The topological polar surface area (TPSA) is 119 Å². The van der Waals surface area contributed by atoms with Crippen molar-refractivity contribution in [3.8, 4) is 0 Å². The maximum atomic E-state index is 11.3. The van der Waals surface area contributed by atoms with E-state index in [1.807, 2.05) is 0 Å². The van der Waals surface area contributed by atoms with Gasteiger partial charge in [-0.15, -0.1) is 0 Å². The molecule has 0 aromatic carbocycles. The van der Waals surface area contributed by atoms with Crippen LogP contribution >= 0.6 is 0 Å². The van der Waals surface area contributed by atoms with Gasteiger partial charge in [0.15, 0.2) is 5.82 Å². The van der Waals surface area contributed by atoms with Crippen LogP contribution in [0.4, 0.5) is 11.6 Å². The van der Waals surface area contributed by atoms with Crippen LogP contribution in [0.2, 0.25) is 0 Å². The maximum absolute atomic E-state index is 11.3.